The van der Waals surface area contributed by atoms with Crippen molar-refractivity contribution in [1.82, 2.24) is 0 Å². The van der Waals surface area contributed by atoms with Crippen molar-refractivity contribution < 1.29 is 33.9 Å². The van der Waals surface area contributed by atoms with Crippen molar-refractivity contribution in [3.8, 4) is 23.7 Å². The zero-order valence-corrected chi connectivity index (χ0v) is 19.0. The fourth-order valence-electron chi connectivity index (χ4n) is 2.95. The van der Waals surface area contributed by atoms with E-state index >= 15 is 0 Å². The standard InChI is InChI=1S/C22H18BN2O9P/c23-34-35(32)33-20(15-19-14-17(4-2-12-27)6-10-22(19)25(30)31)8-7-18-13-16(3-1-11-26)5-9-21(18)24(28)29/h5-6,8-10,13-14,26-27,32H,7,11-12,15H2. The molecule has 0 saturated heterocycles. The molecule has 2 rings (SSSR count). The number of benzene rings is 2. The van der Waals surface area contributed by atoms with Crippen LogP contribution in [0.5, 0.6) is 0 Å². The number of rotatable bonds is 9. The van der Waals surface area contributed by atoms with Gasteiger partial charge in [0.05, 0.1) is 9.85 Å². The lowest BCUT2D eigenvalue weighted by molar-refractivity contribution is -0.385. The van der Waals surface area contributed by atoms with Gasteiger partial charge in [0, 0.05) is 47.2 Å². The fourth-order valence-corrected chi connectivity index (χ4v) is 3.33. The molecular formula is C22H18BN2O9P. The van der Waals surface area contributed by atoms with Crippen LogP contribution in [0.3, 0.4) is 0 Å². The van der Waals surface area contributed by atoms with Crippen LogP contribution in [0.15, 0.2) is 48.2 Å². The Morgan fingerprint density at radius 2 is 1.49 bits per heavy atom. The highest BCUT2D eigenvalue weighted by atomic mass is 31.2. The lowest BCUT2D eigenvalue weighted by Gasteiger charge is -2.14. The second-order valence-electron chi connectivity index (χ2n) is 6.61. The average molecular weight is 496 g/mol. The molecular weight excluding hydrogens is 478 g/mol. The van der Waals surface area contributed by atoms with Crippen LogP contribution in [-0.4, -0.2) is 46.2 Å². The van der Waals surface area contributed by atoms with E-state index in [1.807, 2.05) is 0 Å². The maximum Gasteiger partial charge on any atom is 0.377 e. The number of hydrogen-bond acceptors (Lipinski definition) is 9. The quantitative estimate of drug-likeness (QED) is 0.118. The Labute approximate surface area is 202 Å². The van der Waals surface area contributed by atoms with E-state index in [1.54, 1.807) is 0 Å². The minimum Gasteiger partial charge on any atom is -0.432 e. The molecule has 1 unspecified atom stereocenters. The summed E-state index contributed by atoms with van der Waals surface area (Å²) in [6.07, 6.45) is 1.13. The van der Waals surface area contributed by atoms with E-state index < -0.39 is 25.1 Å². The van der Waals surface area contributed by atoms with Crippen molar-refractivity contribution in [2.75, 3.05) is 13.2 Å². The second-order valence-corrected chi connectivity index (χ2v) is 7.48. The SMILES string of the molecule is [B]OP(O)OC(=CCc1cc(C#CCO)ccc1[N+](=O)[O-])Cc1cc(C#CCO)ccc1[N+](=O)[O-]. The second kappa shape index (κ2) is 13.8. The number of hydrogen-bond donors (Lipinski definition) is 3. The summed E-state index contributed by atoms with van der Waals surface area (Å²) in [5.74, 6) is 10.2. The molecule has 0 saturated carbocycles. The molecule has 0 fully saturated rings. The van der Waals surface area contributed by atoms with E-state index in [-0.39, 0.29) is 47.7 Å². The van der Waals surface area contributed by atoms with Gasteiger partial charge in [-0.05, 0) is 30.3 Å². The van der Waals surface area contributed by atoms with Gasteiger partial charge in [-0.1, -0.05) is 23.7 Å². The molecule has 0 heterocycles. The lowest BCUT2D eigenvalue weighted by Crippen LogP contribution is -2.02. The van der Waals surface area contributed by atoms with Crippen LogP contribution in [0.25, 0.3) is 0 Å². The van der Waals surface area contributed by atoms with Crippen LogP contribution < -0.4 is 0 Å². The van der Waals surface area contributed by atoms with E-state index in [9.17, 15) is 25.1 Å². The van der Waals surface area contributed by atoms with Gasteiger partial charge >= 0.3 is 8.60 Å². The maximum absolute atomic E-state index is 11.5. The summed E-state index contributed by atoms with van der Waals surface area (Å²) in [6.45, 7) is -0.784. The van der Waals surface area contributed by atoms with E-state index in [0.717, 1.165) is 0 Å². The number of aliphatic hydroxyl groups excluding tert-OH is 2. The first-order valence-electron chi connectivity index (χ1n) is 9.76. The smallest absolute Gasteiger partial charge is 0.377 e. The first-order chi connectivity index (χ1) is 16.8. The first-order valence-corrected chi connectivity index (χ1v) is 10.9. The fraction of sp³-hybridized carbons (Fsp3) is 0.182. The van der Waals surface area contributed by atoms with Crippen molar-refractivity contribution in [2.24, 2.45) is 0 Å². The zero-order valence-electron chi connectivity index (χ0n) is 18.1. The summed E-state index contributed by atoms with van der Waals surface area (Å²) in [7, 11) is 2.38. The molecule has 0 spiro atoms. The maximum atomic E-state index is 11.5. The molecule has 2 aromatic rings. The van der Waals surface area contributed by atoms with Gasteiger partial charge in [-0.2, -0.15) is 0 Å². The van der Waals surface area contributed by atoms with Crippen molar-refractivity contribution in [3.63, 3.8) is 0 Å². The molecule has 11 nitrogen and oxygen atoms in total. The molecule has 2 aromatic carbocycles. The molecule has 0 aliphatic heterocycles. The van der Waals surface area contributed by atoms with Crippen molar-refractivity contribution in [1.29, 1.82) is 0 Å². The predicted octanol–water partition coefficient (Wildman–Crippen LogP) is 2.20. The van der Waals surface area contributed by atoms with E-state index in [4.69, 9.17) is 22.8 Å². The number of nitro benzene ring substituents is 2. The summed E-state index contributed by atoms with van der Waals surface area (Å²) in [5, 5.41) is 40.7. The molecule has 0 amide bonds. The summed E-state index contributed by atoms with van der Waals surface area (Å²) >= 11 is 0. The Hall–Kier alpha value is -3.77. The van der Waals surface area contributed by atoms with Gasteiger partial charge in [0.25, 0.3) is 19.4 Å². The highest BCUT2D eigenvalue weighted by Gasteiger charge is 2.19. The molecule has 2 radical (unpaired) electrons. The van der Waals surface area contributed by atoms with E-state index in [2.05, 4.69) is 28.1 Å². The molecule has 3 N–H and O–H groups in total. The van der Waals surface area contributed by atoms with Gasteiger partial charge in [0.15, 0.2) is 0 Å². The molecule has 0 bridgehead atoms. The van der Waals surface area contributed by atoms with Crippen molar-refractivity contribution in [2.45, 2.75) is 12.8 Å². The summed E-state index contributed by atoms with van der Waals surface area (Å²) in [4.78, 5) is 31.5. The number of aliphatic hydroxyl groups is 2. The van der Waals surface area contributed by atoms with Gasteiger partial charge in [-0.25, -0.2) is 0 Å². The van der Waals surface area contributed by atoms with Gasteiger partial charge < -0.3 is 24.1 Å². The molecule has 0 aliphatic rings. The first kappa shape index (κ1) is 27.5. The number of allylic oxidation sites excluding steroid dienone is 2. The molecule has 178 valence electrons. The normalized spacial score (nSPS) is 11.5. The van der Waals surface area contributed by atoms with Crippen LogP contribution in [0, 0.1) is 43.9 Å². The Balaban J connectivity index is 2.49. The van der Waals surface area contributed by atoms with Crippen LogP contribution in [0.1, 0.15) is 22.3 Å². The largest absolute Gasteiger partial charge is 0.432 e. The summed E-state index contributed by atoms with van der Waals surface area (Å²) in [5.41, 5.74) is 0.778. The molecule has 35 heavy (non-hydrogen) atoms. The highest BCUT2D eigenvalue weighted by Crippen LogP contribution is 2.36. The van der Waals surface area contributed by atoms with Gasteiger partial charge in [-0.3, -0.25) is 20.2 Å². The third kappa shape index (κ3) is 8.51. The topological polar surface area (TPSA) is 165 Å². The Morgan fingerprint density at radius 1 is 0.971 bits per heavy atom. The van der Waals surface area contributed by atoms with Crippen LogP contribution in [0.4, 0.5) is 11.4 Å². The molecule has 13 heteroatoms. The van der Waals surface area contributed by atoms with Gasteiger partial charge in [0.2, 0.25) is 0 Å². The number of nitro groups is 2. The molecule has 0 aromatic heterocycles. The monoisotopic (exact) mass is 496 g/mol. The summed E-state index contributed by atoms with van der Waals surface area (Å²) in [6, 6.07) is 8.24. The lowest BCUT2D eigenvalue weighted by atomic mass is 10.0. The summed E-state index contributed by atoms with van der Waals surface area (Å²) < 4.78 is 9.55. The van der Waals surface area contributed by atoms with Crippen LogP contribution in [-0.2, 0) is 21.8 Å². The number of nitrogens with zero attached hydrogens (tertiary/aromatic N) is 2. The predicted molar refractivity (Wildman–Crippen MR) is 127 cm³/mol. The third-order valence-electron chi connectivity index (χ3n) is 4.38. The third-order valence-corrected chi connectivity index (χ3v) is 4.95. The van der Waals surface area contributed by atoms with E-state index in [0.29, 0.717) is 11.1 Å². The minimum absolute atomic E-state index is 0.000530. The molecule has 0 aliphatic carbocycles. The van der Waals surface area contributed by atoms with Crippen molar-refractivity contribution in [3.05, 3.63) is 90.7 Å². The Bertz CT molecular complexity index is 1240. The minimum atomic E-state index is -2.58. The van der Waals surface area contributed by atoms with Crippen LogP contribution >= 0.6 is 8.60 Å². The Morgan fingerprint density at radius 3 is 1.97 bits per heavy atom. The van der Waals surface area contributed by atoms with Gasteiger partial charge in [-0.15, -0.1) is 0 Å². The average Bonchev–Trinajstić information content (AvgIpc) is 2.84. The highest BCUT2D eigenvalue weighted by molar-refractivity contribution is 7.41. The van der Waals surface area contributed by atoms with E-state index in [1.165, 1.54) is 42.5 Å². The molecule has 1 atom stereocenters. The van der Waals surface area contributed by atoms with Crippen molar-refractivity contribution >= 4 is 28.0 Å². The zero-order chi connectivity index (χ0) is 25.8. The van der Waals surface area contributed by atoms with Crippen LogP contribution in [0.2, 0.25) is 0 Å². The Kier molecular flexibility index (Phi) is 10.9. The van der Waals surface area contributed by atoms with Gasteiger partial charge in [0.1, 0.15) is 19.0 Å².